The molecule has 124 valence electrons. The zero-order valence-corrected chi connectivity index (χ0v) is 13.3. The van der Waals surface area contributed by atoms with Crippen molar-refractivity contribution in [2.45, 2.75) is 18.8 Å². The van der Waals surface area contributed by atoms with E-state index >= 15 is 0 Å². The Balaban J connectivity index is 2.09. The lowest BCUT2D eigenvalue weighted by molar-refractivity contribution is -0.385. The molecule has 0 radical (unpaired) electrons. The molecule has 0 aliphatic heterocycles. The standard InChI is InChI=1S/C14H12ClN5O4/c1-19-14(16-17-18-19)11(12(21)7-2-3-7)13(22)9-5-4-8(15)6-10(9)20(23)24/h4-7,11H,2-3H2,1H3. The minimum Gasteiger partial charge on any atom is -0.298 e. The summed E-state index contributed by atoms with van der Waals surface area (Å²) in [6.07, 6.45) is 1.38. The summed E-state index contributed by atoms with van der Waals surface area (Å²) in [4.78, 5) is 36.1. The number of hydrogen-bond donors (Lipinski definition) is 0. The van der Waals surface area contributed by atoms with Gasteiger partial charge in [-0.1, -0.05) is 11.6 Å². The van der Waals surface area contributed by atoms with E-state index in [1.54, 1.807) is 0 Å². The Hall–Kier alpha value is -2.68. The average molecular weight is 350 g/mol. The first-order valence-electron chi connectivity index (χ1n) is 7.14. The normalized spacial score (nSPS) is 15.1. The van der Waals surface area contributed by atoms with Gasteiger partial charge in [0.2, 0.25) is 0 Å². The van der Waals surface area contributed by atoms with Crippen LogP contribution in [0.25, 0.3) is 0 Å². The maximum Gasteiger partial charge on any atom is 0.281 e. The molecule has 1 atom stereocenters. The van der Waals surface area contributed by atoms with Crippen molar-refractivity contribution in [3.63, 3.8) is 0 Å². The molecule has 1 heterocycles. The summed E-state index contributed by atoms with van der Waals surface area (Å²) < 4.78 is 1.23. The van der Waals surface area contributed by atoms with E-state index in [9.17, 15) is 19.7 Å². The number of halogens is 1. The van der Waals surface area contributed by atoms with Crippen LogP contribution in [0.15, 0.2) is 18.2 Å². The van der Waals surface area contributed by atoms with E-state index < -0.39 is 22.3 Å². The minimum absolute atomic E-state index is 0.0705. The van der Waals surface area contributed by atoms with E-state index in [1.807, 2.05) is 0 Å². The molecule has 1 aromatic heterocycles. The Bertz CT molecular complexity index is 845. The second-order valence-corrected chi connectivity index (χ2v) is 5.99. The SMILES string of the molecule is Cn1nnnc1C(C(=O)c1ccc(Cl)cc1[N+](=O)[O-])C(=O)C1CC1. The number of aromatic nitrogens is 4. The summed E-state index contributed by atoms with van der Waals surface area (Å²) in [5, 5.41) is 22.2. The highest BCUT2D eigenvalue weighted by Crippen LogP contribution is 2.37. The molecule has 10 heteroatoms. The minimum atomic E-state index is -1.27. The van der Waals surface area contributed by atoms with Gasteiger partial charge in [-0.15, -0.1) is 5.10 Å². The predicted molar refractivity (Wildman–Crippen MR) is 81.7 cm³/mol. The van der Waals surface area contributed by atoms with Crippen LogP contribution in [0, 0.1) is 16.0 Å². The first-order chi connectivity index (χ1) is 11.4. The summed E-state index contributed by atoms with van der Waals surface area (Å²) in [7, 11) is 1.51. The molecule has 1 fully saturated rings. The van der Waals surface area contributed by atoms with Gasteiger partial charge in [-0.3, -0.25) is 19.7 Å². The van der Waals surface area contributed by atoms with E-state index in [-0.39, 0.29) is 28.1 Å². The first-order valence-corrected chi connectivity index (χ1v) is 7.52. The number of carbonyl (C=O) groups is 2. The summed E-state index contributed by atoms with van der Waals surface area (Å²) in [5.41, 5.74) is -0.636. The fourth-order valence-electron chi connectivity index (χ4n) is 2.48. The second kappa shape index (κ2) is 6.08. The molecule has 9 nitrogen and oxygen atoms in total. The average Bonchev–Trinajstić information content (AvgIpc) is 3.31. The molecule has 24 heavy (non-hydrogen) atoms. The van der Waals surface area contributed by atoms with Crippen molar-refractivity contribution in [1.82, 2.24) is 20.2 Å². The monoisotopic (exact) mass is 349 g/mol. The maximum atomic E-state index is 12.9. The van der Waals surface area contributed by atoms with Gasteiger partial charge in [0.1, 0.15) is 5.92 Å². The van der Waals surface area contributed by atoms with Crippen molar-refractivity contribution in [2.75, 3.05) is 0 Å². The third-order valence-corrected chi connectivity index (χ3v) is 4.09. The third kappa shape index (κ3) is 2.90. The Morgan fingerprint density at radius 2 is 2.12 bits per heavy atom. The molecule has 1 unspecified atom stereocenters. The number of ketones is 2. The van der Waals surface area contributed by atoms with Crippen molar-refractivity contribution in [3.8, 4) is 0 Å². The van der Waals surface area contributed by atoms with Crippen LogP contribution in [-0.4, -0.2) is 36.7 Å². The van der Waals surface area contributed by atoms with Gasteiger partial charge in [0.15, 0.2) is 17.4 Å². The van der Waals surface area contributed by atoms with Gasteiger partial charge in [0.25, 0.3) is 5.69 Å². The number of Topliss-reactive ketones (excluding diaryl/α,β-unsaturated/α-hetero) is 2. The molecule has 0 spiro atoms. The number of benzene rings is 1. The van der Waals surface area contributed by atoms with Crippen molar-refractivity contribution in [1.29, 1.82) is 0 Å². The van der Waals surface area contributed by atoms with Crippen LogP contribution in [0.4, 0.5) is 5.69 Å². The van der Waals surface area contributed by atoms with Gasteiger partial charge in [-0.2, -0.15) is 0 Å². The van der Waals surface area contributed by atoms with Crippen molar-refractivity contribution in [3.05, 3.63) is 44.7 Å². The summed E-state index contributed by atoms with van der Waals surface area (Å²) >= 11 is 5.77. The second-order valence-electron chi connectivity index (χ2n) is 5.55. The van der Waals surface area contributed by atoms with E-state index in [1.165, 1.54) is 23.9 Å². The molecule has 0 N–H and O–H groups in total. The predicted octanol–water partition coefficient (Wildman–Crippen LogP) is 1.72. The fraction of sp³-hybridized carbons (Fsp3) is 0.357. The molecule has 0 amide bonds. The molecule has 1 aliphatic rings. The quantitative estimate of drug-likeness (QED) is 0.337. The van der Waals surface area contributed by atoms with Gasteiger partial charge in [0, 0.05) is 24.1 Å². The Kier molecular flexibility index (Phi) is 4.10. The van der Waals surface area contributed by atoms with Crippen LogP contribution in [0.2, 0.25) is 5.02 Å². The highest BCUT2D eigenvalue weighted by atomic mass is 35.5. The van der Waals surface area contributed by atoms with E-state index in [0.29, 0.717) is 12.8 Å². The van der Waals surface area contributed by atoms with Crippen molar-refractivity contribution in [2.24, 2.45) is 13.0 Å². The molecule has 2 aromatic rings. The summed E-state index contributed by atoms with van der Waals surface area (Å²) in [6.45, 7) is 0. The van der Waals surface area contributed by atoms with E-state index in [0.717, 1.165) is 6.07 Å². The van der Waals surface area contributed by atoms with Crippen LogP contribution in [-0.2, 0) is 11.8 Å². The first kappa shape index (κ1) is 16.2. The molecular formula is C14H12ClN5O4. The van der Waals surface area contributed by atoms with Gasteiger partial charge in [0.05, 0.1) is 10.5 Å². The Morgan fingerprint density at radius 3 is 2.67 bits per heavy atom. The lowest BCUT2D eigenvalue weighted by Crippen LogP contribution is -2.27. The van der Waals surface area contributed by atoms with Crippen molar-refractivity contribution < 1.29 is 14.5 Å². The molecule has 1 aliphatic carbocycles. The van der Waals surface area contributed by atoms with Crippen LogP contribution < -0.4 is 0 Å². The van der Waals surface area contributed by atoms with Crippen LogP contribution >= 0.6 is 11.6 Å². The van der Waals surface area contributed by atoms with Crippen molar-refractivity contribution >= 4 is 28.9 Å². The van der Waals surface area contributed by atoms with Crippen LogP contribution in [0.3, 0.4) is 0 Å². The molecular weight excluding hydrogens is 338 g/mol. The van der Waals surface area contributed by atoms with Crippen LogP contribution in [0.1, 0.15) is 34.9 Å². The zero-order chi connectivity index (χ0) is 17.4. The summed E-state index contributed by atoms with van der Waals surface area (Å²) in [5.74, 6) is -2.45. The van der Waals surface area contributed by atoms with Gasteiger partial charge < -0.3 is 0 Å². The molecule has 3 rings (SSSR count). The van der Waals surface area contributed by atoms with E-state index in [4.69, 9.17) is 11.6 Å². The number of rotatable bonds is 6. The number of nitrogens with zero attached hydrogens (tertiary/aromatic N) is 5. The topological polar surface area (TPSA) is 121 Å². The van der Waals surface area contributed by atoms with Gasteiger partial charge in [-0.05, 0) is 35.4 Å². The Labute approximate surface area is 140 Å². The number of tetrazole rings is 1. The lowest BCUT2D eigenvalue weighted by Gasteiger charge is -2.13. The fourth-order valence-corrected chi connectivity index (χ4v) is 2.64. The number of hydrogen-bond acceptors (Lipinski definition) is 7. The highest BCUT2D eigenvalue weighted by molar-refractivity contribution is 6.31. The largest absolute Gasteiger partial charge is 0.298 e. The zero-order valence-electron chi connectivity index (χ0n) is 12.5. The number of aryl methyl sites for hydroxylation is 1. The van der Waals surface area contributed by atoms with Crippen LogP contribution in [0.5, 0.6) is 0 Å². The number of nitro benzene ring substituents is 1. The Morgan fingerprint density at radius 1 is 1.42 bits per heavy atom. The lowest BCUT2D eigenvalue weighted by atomic mass is 9.90. The smallest absolute Gasteiger partial charge is 0.281 e. The van der Waals surface area contributed by atoms with E-state index in [2.05, 4.69) is 15.5 Å². The molecule has 1 aromatic carbocycles. The number of nitro groups is 1. The number of carbonyl (C=O) groups excluding carboxylic acids is 2. The third-order valence-electron chi connectivity index (χ3n) is 3.86. The van der Waals surface area contributed by atoms with Gasteiger partial charge >= 0.3 is 0 Å². The van der Waals surface area contributed by atoms with Gasteiger partial charge in [-0.25, -0.2) is 4.68 Å². The maximum absolute atomic E-state index is 12.9. The molecule has 1 saturated carbocycles. The molecule has 0 bridgehead atoms. The molecule has 0 saturated heterocycles. The summed E-state index contributed by atoms with van der Waals surface area (Å²) in [6, 6.07) is 3.71. The highest BCUT2D eigenvalue weighted by Gasteiger charge is 2.43.